The van der Waals surface area contributed by atoms with Gasteiger partial charge in [-0.1, -0.05) is 48.5 Å². The third-order valence-electron chi connectivity index (χ3n) is 5.53. The lowest BCUT2D eigenvalue weighted by Crippen LogP contribution is -2.45. The Bertz CT molecular complexity index is 909. The average Bonchev–Trinajstić information content (AvgIpc) is 2.77. The van der Waals surface area contributed by atoms with E-state index in [2.05, 4.69) is 4.90 Å². The number of nitrogens with zero attached hydrogens (tertiary/aromatic N) is 3. The first kappa shape index (κ1) is 22.5. The highest BCUT2D eigenvalue weighted by atomic mass is 32.2. The number of hydrogen-bond acceptors (Lipinski definition) is 4. The molecule has 1 aliphatic rings. The summed E-state index contributed by atoms with van der Waals surface area (Å²) >= 11 is 0. The van der Waals surface area contributed by atoms with E-state index in [1.54, 1.807) is 30.3 Å². The maximum absolute atomic E-state index is 13.3. The van der Waals surface area contributed by atoms with E-state index in [-0.39, 0.29) is 11.8 Å². The molecule has 0 atom stereocenters. The van der Waals surface area contributed by atoms with Crippen molar-refractivity contribution in [3.63, 3.8) is 0 Å². The molecule has 0 saturated carbocycles. The zero-order chi connectivity index (χ0) is 21.6. The number of sulfonamides is 1. The fraction of sp³-hybridized carbons (Fsp3) is 0.435. The van der Waals surface area contributed by atoms with Crippen LogP contribution in [0.3, 0.4) is 0 Å². The number of piperidine rings is 1. The van der Waals surface area contributed by atoms with Gasteiger partial charge in [0, 0.05) is 38.6 Å². The molecule has 1 saturated heterocycles. The van der Waals surface area contributed by atoms with Crippen molar-refractivity contribution in [1.82, 2.24) is 14.1 Å². The maximum Gasteiger partial charge on any atom is 0.243 e. The number of rotatable bonds is 8. The van der Waals surface area contributed by atoms with Gasteiger partial charge in [-0.2, -0.15) is 4.31 Å². The van der Waals surface area contributed by atoms with E-state index in [1.165, 1.54) is 4.31 Å². The van der Waals surface area contributed by atoms with Crippen molar-refractivity contribution in [1.29, 1.82) is 0 Å². The zero-order valence-corrected chi connectivity index (χ0v) is 18.6. The van der Waals surface area contributed by atoms with Gasteiger partial charge in [-0.25, -0.2) is 8.42 Å². The van der Waals surface area contributed by atoms with Gasteiger partial charge < -0.3 is 9.80 Å². The van der Waals surface area contributed by atoms with Gasteiger partial charge in [0.05, 0.1) is 4.90 Å². The second-order valence-electron chi connectivity index (χ2n) is 8.04. The van der Waals surface area contributed by atoms with E-state index in [0.717, 1.165) is 12.1 Å². The van der Waals surface area contributed by atoms with Crippen LogP contribution in [0.4, 0.5) is 0 Å². The van der Waals surface area contributed by atoms with Crippen LogP contribution in [0, 0.1) is 5.92 Å². The van der Waals surface area contributed by atoms with Crippen LogP contribution in [0.25, 0.3) is 0 Å². The highest BCUT2D eigenvalue weighted by Crippen LogP contribution is 2.25. The van der Waals surface area contributed by atoms with Crippen LogP contribution in [-0.4, -0.2) is 68.7 Å². The van der Waals surface area contributed by atoms with E-state index < -0.39 is 10.0 Å². The predicted molar refractivity (Wildman–Crippen MR) is 118 cm³/mol. The molecule has 1 aliphatic heterocycles. The standard InChI is InChI=1S/C23H31N3O3S/c1-24(2)17-18-25(19-20-9-5-3-6-10-20)23(27)21-13-15-26(16-14-21)30(28,29)22-11-7-4-8-12-22/h3-12,21H,13-19H2,1-2H3. The molecule has 0 bridgehead atoms. The summed E-state index contributed by atoms with van der Waals surface area (Å²) in [4.78, 5) is 17.6. The number of carbonyl (C=O) groups is 1. The van der Waals surface area contributed by atoms with Crippen molar-refractivity contribution in [3.05, 3.63) is 66.2 Å². The summed E-state index contributed by atoms with van der Waals surface area (Å²) < 4.78 is 27.2. The van der Waals surface area contributed by atoms with E-state index in [1.807, 2.05) is 49.3 Å². The lowest BCUT2D eigenvalue weighted by atomic mass is 9.96. The van der Waals surface area contributed by atoms with E-state index in [9.17, 15) is 13.2 Å². The lowest BCUT2D eigenvalue weighted by Gasteiger charge is -2.34. The van der Waals surface area contributed by atoms with E-state index in [0.29, 0.717) is 43.9 Å². The van der Waals surface area contributed by atoms with Gasteiger partial charge in [0.15, 0.2) is 0 Å². The number of benzene rings is 2. The third-order valence-corrected chi connectivity index (χ3v) is 7.44. The van der Waals surface area contributed by atoms with Crippen LogP contribution in [0.1, 0.15) is 18.4 Å². The number of amides is 1. The molecule has 30 heavy (non-hydrogen) atoms. The van der Waals surface area contributed by atoms with Crippen LogP contribution >= 0.6 is 0 Å². The van der Waals surface area contributed by atoms with E-state index >= 15 is 0 Å². The molecule has 3 rings (SSSR count). The van der Waals surface area contributed by atoms with Gasteiger partial charge in [-0.05, 0) is 44.6 Å². The van der Waals surface area contributed by atoms with Crippen molar-refractivity contribution >= 4 is 15.9 Å². The second-order valence-corrected chi connectivity index (χ2v) is 9.98. The molecule has 7 heteroatoms. The summed E-state index contributed by atoms with van der Waals surface area (Å²) in [5.74, 6) is -0.0180. The minimum atomic E-state index is -3.50. The molecule has 0 N–H and O–H groups in total. The second kappa shape index (κ2) is 10.2. The summed E-state index contributed by atoms with van der Waals surface area (Å²) in [6.45, 7) is 2.78. The number of hydrogen-bond donors (Lipinski definition) is 0. The summed E-state index contributed by atoms with van der Waals surface area (Å²) in [7, 11) is 0.497. The predicted octanol–water partition coefficient (Wildman–Crippen LogP) is 2.68. The first-order valence-corrected chi connectivity index (χ1v) is 11.8. The number of carbonyl (C=O) groups excluding carboxylic acids is 1. The smallest absolute Gasteiger partial charge is 0.243 e. The van der Waals surface area contributed by atoms with Crippen LogP contribution in [0.2, 0.25) is 0 Å². The normalized spacial score (nSPS) is 16.0. The molecule has 1 fully saturated rings. The highest BCUT2D eigenvalue weighted by molar-refractivity contribution is 7.89. The number of likely N-dealkylation sites (N-methyl/N-ethyl adjacent to an activating group) is 1. The summed E-state index contributed by atoms with van der Waals surface area (Å²) in [5, 5.41) is 0. The monoisotopic (exact) mass is 429 g/mol. The van der Waals surface area contributed by atoms with Gasteiger partial charge >= 0.3 is 0 Å². The Hall–Kier alpha value is -2.22. The Morgan fingerprint density at radius 1 is 0.933 bits per heavy atom. The average molecular weight is 430 g/mol. The summed E-state index contributed by atoms with van der Waals surface area (Å²) in [5.41, 5.74) is 1.11. The van der Waals surface area contributed by atoms with Gasteiger partial charge in [-0.3, -0.25) is 4.79 Å². The van der Waals surface area contributed by atoms with Gasteiger partial charge in [-0.15, -0.1) is 0 Å². The lowest BCUT2D eigenvalue weighted by molar-refractivity contribution is -0.137. The molecule has 6 nitrogen and oxygen atoms in total. The molecule has 0 spiro atoms. The minimum absolute atomic E-state index is 0.123. The Morgan fingerprint density at radius 3 is 2.07 bits per heavy atom. The third kappa shape index (κ3) is 5.68. The first-order valence-electron chi connectivity index (χ1n) is 10.4. The fourth-order valence-corrected chi connectivity index (χ4v) is 5.23. The molecule has 0 radical (unpaired) electrons. The molecule has 162 valence electrons. The molecule has 2 aromatic carbocycles. The zero-order valence-electron chi connectivity index (χ0n) is 17.8. The summed E-state index contributed by atoms with van der Waals surface area (Å²) in [6, 6.07) is 18.5. The Morgan fingerprint density at radius 2 is 1.50 bits per heavy atom. The highest BCUT2D eigenvalue weighted by Gasteiger charge is 2.33. The van der Waals surface area contributed by atoms with Crippen LogP contribution in [0.5, 0.6) is 0 Å². The topological polar surface area (TPSA) is 60.9 Å². The molecule has 0 aromatic heterocycles. The van der Waals surface area contributed by atoms with Crippen molar-refractivity contribution in [2.75, 3.05) is 40.3 Å². The van der Waals surface area contributed by atoms with Gasteiger partial charge in [0.1, 0.15) is 0 Å². The minimum Gasteiger partial charge on any atom is -0.337 e. The maximum atomic E-state index is 13.3. The van der Waals surface area contributed by atoms with Crippen LogP contribution in [0.15, 0.2) is 65.6 Å². The van der Waals surface area contributed by atoms with Gasteiger partial charge in [0.2, 0.25) is 15.9 Å². The Kier molecular flexibility index (Phi) is 7.64. The van der Waals surface area contributed by atoms with Crippen molar-refractivity contribution in [3.8, 4) is 0 Å². The molecule has 1 amide bonds. The van der Waals surface area contributed by atoms with Crippen molar-refractivity contribution in [2.24, 2.45) is 5.92 Å². The quantitative estimate of drug-likeness (QED) is 0.647. The molecular formula is C23H31N3O3S. The SMILES string of the molecule is CN(C)CCN(Cc1ccccc1)C(=O)C1CCN(S(=O)(=O)c2ccccc2)CC1. The molecule has 0 unspecified atom stereocenters. The van der Waals surface area contributed by atoms with E-state index in [4.69, 9.17) is 0 Å². The fourth-order valence-electron chi connectivity index (χ4n) is 3.73. The summed E-state index contributed by atoms with van der Waals surface area (Å²) in [6.07, 6.45) is 1.11. The Labute approximate surface area is 180 Å². The molecule has 0 aliphatic carbocycles. The Balaban J connectivity index is 1.65. The van der Waals surface area contributed by atoms with Crippen molar-refractivity contribution in [2.45, 2.75) is 24.3 Å². The largest absolute Gasteiger partial charge is 0.337 e. The van der Waals surface area contributed by atoms with Crippen LogP contribution in [-0.2, 0) is 21.4 Å². The first-order chi connectivity index (χ1) is 14.4. The van der Waals surface area contributed by atoms with Crippen molar-refractivity contribution < 1.29 is 13.2 Å². The molecule has 1 heterocycles. The van der Waals surface area contributed by atoms with Crippen LogP contribution < -0.4 is 0 Å². The van der Waals surface area contributed by atoms with Gasteiger partial charge in [0.25, 0.3) is 0 Å². The molecular weight excluding hydrogens is 398 g/mol. The molecule has 2 aromatic rings.